The number of ether oxygens (including phenoxy) is 2. The Hall–Kier alpha value is -1.99. The topological polar surface area (TPSA) is 69.7 Å². The highest BCUT2D eigenvalue weighted by Crippen LogP contribution is 2.33. The minimum Gasteiger partial charge on any atom is -0.490 e. The van der Waals surface area contributed by atoms with Crippen molar-refractivity contribution in [2.45, 2.75) is 23.5 Å². The number of carbonyl (C=O) groups excluding carboxylic acids is 1. The first-order valence-electron chi connectivity index (χ1n) is 8.76. The van der Waals surface area contributed by atoms with Gasteiger partial charge in [-0.25, -0.2) is 13.2 Å². The van der Waals surface area contributed by atoms with E-state index in [4.69, 9.17) is 9.47 Å². The molecule has 27 heavy (non-hydrogen) atoms. The number of thioether (sulfide) groups is 1. The Balaban J connectivity index is 1.53. The molecule has 1 heterocycles. The third kappa shape index (κ3) is 5.74. The van der Waals surface area contributed by atoms with E-state index in [1.54, 1.807) is 12.1 Å². The number of esters is 1. The van der Waals surface area contributed by atoms with Crippen LogP contribution in [0.25, 0.3) is 0 Å². The Labute approximate surface area is 164 Å². The van der Waals surface area contributed by atoms with Crippen molar-refractivity contribution in [3.63, 3.8) is 0 Å². The standard InChI is InChI=1S/C20H22O5S2/c1-15-6-8-16(9-7-15)24-11-12-25-20(21)18-4-2-3-5-19(18)26-17-10-13-27(22,23)14-17/h2-9,17H,10-14H2,1H3/t17-/m1/s1. The predicted molar refractivity (Wildman–Crippen MR) is 106 cm³/mol. The van der Waals surface area contributed by atoms with E-state index in [2.05, 4.69) is 0 Å². The minimum atomic E-state index is -2.95. The lowest BCUT2D eigenvalue weighted by molar-refractivity contribution is 0.0446. The first kappa shape index (κ1) is 19.8. The quantitative estimate of drug-likeness (QED) is 0.518. The van der Waals surface area contributed by atoms with E-state index in [9.17, 15) is 13.2 Å². The fourth-order valence-corrected chi connectivity index (χ4v) is 6.39. The Kier molecular flexibility index (Phi) is 6.44. The average Bonchev–Trinajstić information content (AvgIpc) is 2.99. The monoisotopic (exact) mass is 406 g/mol. The van der Waals surface area contributed by atoms with Gasteiger partial charge in [-0.15, -0.1) is 11.8 Å². The van der Waals surface area contributed by atoms with Gasteiger partial charge >= 0.3 is 5.97 Å². The average molecular weight is 407 g/mol. The maximum absolute atomic E-state index is 12.4. The number of carbonyl (C=O) groups is 1. The van der Waals surface area contributed by atoms with Gasteiger partial charge in [0.15, 0.2) is 9.84 Å². The van der Waals surface area contributed by atoms with E-state index < -0.39 is 15.8 Å². The van der Waals surface area contributed by atoms with E-state index in [1.165, 1.54) is 11.8 Å². The van der Waals surface area contributed by atoms with Crippen molar-refractivity contribution >= 4 is 27.6 Å². The molecule has 1 aliphatic heterocycles. The number of hydrogen-bond acceptors (Lipinski definition) is 6. The third-order valence-electron chi connectivity index (χ3n) is 4.20. The highest BCUT2D eigenvalue weighted by molar-refractivity contribution is 8.02. The molecule has 0 saturated carbocycles. The summed E-state index contributed by atoms with van der Waals surface area (Å²) in [7, 11) is -2.95. The molecule has 2 aromatic rings. The summed E-state index contributed by atoms with van der Waals surface area (Å²) in [6, 6.07) is 14.8. The molecule has 1 aliphatic rings. The summed E-state index contributed by atoms with van der Waals surface area (Å²) in [6.07, 6.45) is 0.612. The fraction of sp³-hybridized carbons (Fsp3) is 0.350. The molecular formula is C20H22O5S2. The predicted octanol–water partition coefficient (Wildman–Crippen LogP) is 3.51. The van der Waals surface area contributed by atoms with Crippen LogP contribution in [0.2, 0.25) is 0 Å². The normalized spacial score (nSPS) is 18.2. The summed E-state index contributed by atoms with van der Waals surface area (Å²) in [5.74, 6) is 0.681. The molecule has 5 nitrogen and oxygen atoms in total. The van der Waals surface area contributed by atoms with Gasteiger partial charge in [-0.2, -0.15) is 0 Å². The van der Waals surface area contributed by atoms with Crippen LogP contribution in [-0.4, -0.2) is 44.4 Å². The molecule has 0 N–H and O–H groups in total. The zero-order valence-corrected chi connectivity index (χ0v) is 16.7. The molecule has 0 aromatic heterocycles. The van der Waals surface area contributed by atoms with Gasteiger partial charge < -0.3 is 9.47 Å². The van der Waals surface area contributed by atoms with Crippen LogP contribution < -0.4 is 4.74 Å². The molecule has 0 amide bonds. The van der Waals surface area contributed by atoms with Crippen LogP contribution in [0.5, 0.6) is 5.75 Å². The SMILES string of the molecule is Cc1ccc(OCCOC(=O)c2ccccc2S[C@@H]2CCS(=O)(=O)C2)cc1. The van der Waals surface area contributed by atoms with Crippen molar-refractivity contribution in [2.24, 2.45) is 0 Å². The van der Waals surface area contributed by atoms with Crippen LogP contribution in [0.4, 0.5) is 0 Å². The number of rotatable bonds is 7. The second kappa shape index (κ2) is 8.80. The highest BCUT2D eigenvalue weighted by atomic mass is 32.2. The molecule has 1 fully saturated rings. The lowest BCUT2D eigenvalue weighted by Gasteiger charge is -2.12. The van der Waals surface area contributed by atoms with E-state index in [0.717, 1.165) is 16.2 Å². The Morgan fingerprint density at radius 2 is 1.85 bits per heavy atom. The van der Waals surface area contributed by atoms with Gasteiger partial charge in [0, 0.05) is 10.1 Å². The van der Waals surface area contributed by atoms with Crippen LogP contribution in [-0.2, 0) is 14.6 Å². The number of sulfone groups is 1. The lowest BCUT2D eigenvalue weighted by Crippen LogP contribution is -2.14. The number of benzene rings is 2. The van der Waals surface area contributed by atoms with Crippen LogP contribution in [0.3, 0.4) is 0 Å². The lowest BCUT2D eigenvalue weighted by atomic mass is 10.2. The summed E-state index contributed by atoms with van der Waals surface area (Å²) < 4.78 is 34.2. The Morgan fingerprint density at radius 3 is 2.56 bits per heavy atom. The van der Waals surface area contributed by atoms with Crippen molar-refractivity contribution in [1.29, 1.82) is 0 Å². The first-order valence-corrected chi connectivity index (χ1v) is 11.5. The first-order chi connectivity index (χ1) is 12.9. The molecule has 0 radical (unpaired) electrons. The summed E-state index contributed by atoms with van der Waals surface area (Å²) in [5.41, 5.74) is 1.61. The van der Waals surface area contributed by atoms with Gasteiger partial charge in [0.1, 0.15) is 19.0 Å². The maximum Gasteiger partial charge on any atom is 0.339 e. The van der Waals surface area contributed by atoms with Crippen LogP contribution in [0.15, 0.2) is 53.4 Å². The Morgan fingerprint density at radius 1 is 1.11 bits per heavy atom. The number of hydrogen-bond donors (Lipinski definition) is 0. The van der Waals surface area contributed by atoms with E-state index in [0.29, 0.717) is 12.0 Å². The van der Waals surface area contributed by atoms with Crippen molar-refractivity contribution in [2.75, 3.05) is 24.7 Å². The van der Waals surface area contributed by atoms with Gasteiger partial charge in [0.05, 0.1) is 17.1 Å². The van der Waals surface area contributed by atoms with Crippen molar-refractivity contribution < 1.29 is 22.7 Å². The van der Waals surface area contributed by atoms with Crippen molar-refractivity contribution in [3.05, 3.63) is 59.7 Å². The molecular weight excluding hydrogens is 384 g/mol. The zero-order valence-electron chi connectivity index (χ0n) is 15.1. The van der Waals surface area contributed by atoms with Gasteiger partial charge in [0.2, 0.25) is 0 Å². The van der Waals surface area contributed by atoms with Crippen LogP contribution in [0.1, 0.15) is 22.3 Å². The van der Waals surface area contributed by atoms with Gasteiger partial charge in [-0.3, -0.25) is 0 Å². The van der Waals surface area contributed by atoms with E-state index in [1.807, 2.05) is 43.3 Å². The summed E-state index contributed by atoms with van der Waals surface area (Å²) in [5, 5.41) is -0.0196. The largest absolute Gasteiger partial charge is 0.490 e. The fourth-order valence-electron chi connectivity index (χ4n) is 2.78. The van der Waals surface area contributed by atoms with E-state index in [-0.39, 0.29) is 30.0 Å². The minimum absolute atomic E-state index is 0.0196. The summed E-state index contributed by atoms with van der Waals surface area (Å²) >= 11 is 1.43. The van der Waals surface area contributed by atoms with Gasteiger partial charge in [-0.1, -0.05) is 29.8 Å². The molecule has 144 valence electrons. The van der Waals surface area contributed by atoms with Crippen LogP contribution in [0, 0.1) is 6.92 Å². The molecule has 0 unspecified atom stereocenters. The van der Waals surface area contributed by atoms with E-state index >= 15 is 0 Å². The smallest absolute Gasteiger partial charge is 0.339 e. The third-order valence-corrected chi connectivity index (χ3v) is 7.52. The summed E-state index contributed by atoms with van der Waals surface area (Å²) in [6.45, 7) is 2.41. The second-order valence-corrected chi connectivity index (χ2v) is 10.0. The molecule has 7 heteroatoms. The highest BCUT2D eigenvalue weighted by Gasteiger charge is 2.29. The number of aryl methyl sites for hydroxylation is 1. The zero-order chi connectivity index (χ0) is 19.3. The second-order valence-electron chi connectivity index (χ2n) is 6.44. The molecule has 3 rings (SSSR count). The summed E-state index contributed by atoms with van der Waals surface area (Å²) in [4.78, 5) is 13.2. The molecule has 2 aromatic carbocycles. The maximum atomic E-state index is 12.4. The van der Waals surface area contributed by atoms with Crippen molar-refractivity contribution in [3.8, 4) is 5.75 Å². The van der Waals surface area contributed by atoms with Crippen LogP contribution >= 0.6 is 11.8 Å². The Bertz CT molecular complexity index is 891. The molecule has 0 aliphatic carbocycles. The molecule has 1 atom stereocenters. The molecule has 1 saturated heterocycles. The van der Waals surface area contributed by atoms with Crippen molar-refractivity contribution in [1.82, 2.24) is 0 Å². The molecule has 0 bridgehead atoms. The van der Waals surface area contributed by atoms with Gasteiger partial charge in [0.25, 0.3) is 0 Å². The molecule has 0 spiro atoms. The van der Waals surface area contributed by atoms with Gasteiger partial charge in [-0.05, 0) is 37.6 Å².